The fourth-order valence-corrected chi connectivity index (χ4v) is 3.48. The Balaban J connectivity index is 1.78. The number of hydrogen-bond donors (Lipinski definition) is 1. The second-order valence-corrected chi connectivity index (χ2v) is 5.92. The molecule has 17 heavy (non-hydrogen) atoms. The molecule has 0 spiro atoms. The molecule has 1 saturated carbocycles. The van der Waals surface area contributed by atoms with Gasteiger partial charge in [-0.2, -0.15) is 0 Å². The third kappa shape index (κ3) is 4.26. The fraction of sp³-hybridized carbons (Fsp3) is 1.00. The molecular weight excluding hydrogens is 210 g/mol. The standard InChI is InChI=1S/C15H29NO/c1-2-9-16-15-8-10-17-12-14(15)11-13-6-4-3-5-7-13/h13-16H,2-12H2,1H3. The first-order chi connectivity index (χ1) is 8.40. The number of nitrogens with one attached hydrogen (secondary N) is 1. The summed E-state index contributed by atoms with van der Waals surface area (Å²) in [6, 6.07) is 0.727. The summed E-state index contributed by atoms with van der Waals surface area (Å²) in [7, 11) is 0. The third-order valence-electron chi connectivity index (χ3n) is 4.49. The molecule has 100 valence electrons. The Morgan fingerprint density at radius 3 is 2.71 bits per heavy atom. The first kappa shape index (κ1) is 13.4. The molecule has 2 rings (SSSR count). The van der Waals surface area contributed by atoms with Crippen LogP contribution in [0.25, 0.3) is 0 Å². The first-order valence-corrected chi connectivity index (χ1v) is 7.71. The van der Waals surface area contributed by atoms with Gasteiger partial charge in [0.2, 0.25) is 0 Å². The average Bonchev–Trinajstić information content (AvgIpc) is 2.39. The summed E-state index contributed by atoms with van der Waals surface area (Å²) < 4.78 is 5.69. The second-order valence-electron chi connectivity index (χ2n) is 5.92. The molecule has 1 saturated heterocycles. The van der Waals surface area contributed by atoms with E-state index in [2.05, 4.69) is 12.2 Å². The van der Waals surface area contributed by atoms with E-state index < -0.39 is 0 Å². The second kappa shape index (κ2) is 7.38. The zero-order valence-corrected chi connectivity index (χ0v) is 11.4. The lowest BCUT2D eigenvalue weighted by Gasteiger charge is -2.35. The van der Waals surface area contributed by atoms with Gasteiger partial charge < -0.3 is 10.1 Å². The van der Waals surface area contributed by atoms with E-state index >= 15 is 0 Å². The van der Waals surface area contributed by atoms with Crippen LogP contribution in [0.4, 0.5) is 0 Å². The van der Waals surface area contributed by atoms with E-state index in [-0.39, 0.29) is 0 Å². The normalized spacial score (nSPS) is 31.6. The van der Waals surface area contributed by atoms with Gasteiger partial charge in [-0.05, 0) is 37.6 Å². The van der Waals surface area contributed by atoms with Gasteiger partial charge in [0.25, 0.3) is 0 Å². The molecule has 0 aromatic carbocycles. The van der Waals surface area contributed by atoms with E-state index in [9.17, 15) is 0 Å². The molecule has 2 nitrogen and oxygen atoms in total. The number of ether oxygens (including phenoxy) is 1. The average molecular weight is 239 g/mol. The van der Waals surface area contributed by atoms with E-state index in [0.717, 1.165) is 31.1 Å². The predicted octanol–water partition coefficient (Wildman–Crippen LogP) is 3.36. The van der Waals surface area contributed by atoms with Gasteiger partial charge in [-0.3, -0.25) is 0 Å². The van der Waals surface area contributed by atoms with Crippen molar-refractivity contribution < 1.29 is 4.74 Å². The van der Waals surface area contributed by atoms with Gasteiger partial charge in [0.15, 0.2) is 0 Å². The molecule has 2 fully saturated rings. The van der Waals surface area contributed by atoms with Crippen molar-refractivity contribution in [2.75, 3.05) is 19.8 Å². The maximum absolute atomic E-state index is 5.69. The van der Waals surface area contributed by atoms with Crippen molar-refractivity contribution in [3.63, 3.8) is 0 Å². The van der Waals surface area contributed by atoms with Gasteiger partial charge in [0.1, 0.15) is 0 Å². The van der Waals surface area contributed by atoms with Crippen LogP contribution < -0.4 is 5.32 Å². The highest BCUT2D eigenvalue weighted by Gasteiger charge is 2.28. The highest BCUT2D eigenvalue weighted by molar-refractivity contribution is 4.82. The summed E-state index contributed by atoms with van der Waals surface area (Å²) in [5, 5.41) is 3.73. The summed E-state index contributed by atoms with van der Waals surface area (Å²) in [5.41, 5.74) is 0. The zero-order valence-electron chi connectivity index (χ0n) is 11.4. The molecule has 0 bridgehead atoms. The van der Waals surface area contributed by atoms with Crippen molar-refractivity contribution in [2.45, 2.75) is 64.3 Å². The van der Waals surface area contributed by atoms with Crippen molar-refractivity contribution in [3.05, 3.63) is 0 Å². The van der Waals surface area contributed by atoms with Crippen LogP contribution in [0.3, 0.4) is 0 Å². The van der Waals surface area contributed by atoms with Crippen LogP contribution in [0.5, 0.6) is 0 Å². The minimum absolute atomic E-state index is 0.727. The lowest BCUT2D eigenvalue weighted by molar-refractivity contribution is 0.0199. The molecule has 1 N–H and O–H groups in total. The molecule has 2 atom stereocenters. The van der Waals surface area contributed by atoms with Crippen LogP contribution in [0.15, 0.2) is 0 Å². The maximum atomic E-state index is 5.69. The quantitative estimate of drug-likeness (QED) is 0.794. The first-order valence-electron chi connectivity index (χ1n) is 7.71. The van der Waals surface area contributed by atoms with Crippen LogP contribution in [-0.4, -0.2) is 25.8 Å². The lowest BCUT2D eigenvalue weighted by atomic mass is 9.79. The van der Waals surface area contributed by atoms with Gasteiger partial charge in [0, 0.05) is 12.6 Å². The summed E-state index contributed by atoms with van der Waals surface area (Å²) in [5.74, 6) is 1.76. The van der Waals surface area contributed by atoms with Gasteiger partial charge in [-0.15, -0.1) is 0 Å². The monoisotopic (exact) mass is 239 g/mol. The Bertz CT molecular complexity index is 201. The molecule has 0 amide bonds. The van der Waals surface area contributed by atoms with E-state index in [0.29, 0.717) is 0 Å². The molecule has 0 aromatic heterocycles. The smallest absolute Gasteiger partial charge is 0.0509 e. The topological polar surface area (TPSA) is 21.3 Å². The molecule has 2 unspecified atom stereocenters. The van der Waals surface area contributed by atoms with Gasteiger partial charge >= 0.3 is 0 Å². The van der Waals surface area contributed by atoms with E-state index in [1.54, 1.807) is 0 Å². The van der Waals surface area contributed by atoms with Gasteiger partial charge in [-0.25, -0.2) is 0 Å². The van der Waals surface area contributed by atoms with Crippen molar-refractivity contribution in [1.29, 1.82) is 0 Å². The SMILES string of the molecule is CCCNC1CCOCC1CC1CCCCC1. The van der Waals surface area contributed by atoms with Crippen LogP contribution in [-0.2, 0) is 4.74 Å². The van der Waals surface area contributed by atoms with Crippen LogP contribution >= 0.6 is 0 Å². The van der Waals surface area contributed by atoms with Gasteiger partial charge in [-0.1, -0.05) is 39.0 Å². The number of rotatable bonds is 5. The molecule has 1 aliphatic carbocycles. The highest BCUT2D eigenvalue weighted by atomic mass is 16.5. The molecule has 0 aromatic rings. The summed E-state index contributed by atoms with van der Waals surface area (Å²) in [6.45, 7) is 5.38. The minimum atomic E-state index is 0.727. The highest BCUT2D eigenvalue weighted by Crippen LogP contribution is 2.31. The maximum Gasteiger partial charge on any atom is 0.0509 e. The summed E-state index contributed by atoms with van der Waals surface area (Å²) in [4.78, 5) is 0. The molecule has 0 radical (unpaired) electrons. The zero-order chi connectivity index (χ0) is 11.9. The molecular formula is C15H29NO. The van der Waals surface area contributed by atoms with Crippen molar-refractivity contribution in [3.8, 4) is 0 Å². The molecule has 2 aliphatic rings. The van der Waals surface area contributed by atoms with E-state index in [1.165, 1.54) is 57.9 Å². The predicted molar refractivity (Wildman–Crippen MR) is 72.2 cm³/mol. The lowest BCUT2D eigenvalue weighted by Crippen LogP contribution is -2.43. The van der Waals surface area contributed by atoms with Crippen LogP contribution in [0, 0.1) is 11.8 Å². The van der Waals surface area contributed by atoms with Gasteiger partial charge in [0.05, 0.1) is 6.61 Å². The third-order valence-corrected chi connectivity index (χ3v) is 4.49. The summed E-state index contributed by atoms with van der Waals surface area (Å²) in [6.07, 6.45) is 11.2. The van der Waals surface area contributed by atoms with Crippen molar-refractivity contribution >= 4 is 0 Å². The Morgan fingerprint density at radius 2 is 1.94 bits per heavy atom. The Hall–Kier alpha value is -0.0800. The Kier molecular flexibility index (Phi) is 5.79. The van der Waals surface area contributed by atoms with Crippen LogP contribution in [0.1, 0.15) is 58.3 Å². The minimum Gasteiger partial charge on any atom is -0.381 e. The van der Waals surface area contributed by atoms with E-state index in [4.69, 9.17) is 4.74 Å². The summed E-state index contributed by atoms with van der Waals surface area (Å²) >= 11 is 0. The van der Waals surface area contributed by atoms with Crippen LogP contribution in [0.2, 0.25) is 0 Å². The fourth-order valence-electron chi connectivity index (χ4n) is 3.48. The molecule has 1 aliphatic heterocycles. The molecule has 2 heteroatoms. The van der Waals surface area contributed by atoms with Crippen molar-refractivity contribution in [2.24, 2.45) is 11.8 Å². The number of hydrogen-bond acceptors (Lipinski definition) is 2. The van der Waals surface area contributed by atoms with E-state index in [1.807, 2.05) is 0 Å². The largest absolute Gasteiger partial charge is 0.381 e. The van der Waals surface area contributed by atoms with Crippen molar-refractivity contribution in [1.82, 2.24) is 5.32 Å². The Morgan fingerprint density at radius 1 is 1.12 bits per heavy atom. The molecule has 1 heterocycles. The Labute approximate surface area is 107 Å².